The molecule has 0 saturated heterocycles. The molecular formula is C20H21N3O4. The van der Waals surface area contributed by atoms with Crippen molar-refractivity contribution in [2.24, 2.45) is 0 Å². The smallest absolute Gasteiger partial charge is 0.249 e. The van der Waals surface area contributed by atoms with Gasteiger partial charge in [-0.05, 0) is 31.2 Å². The highest BCUT2D eigenvalue weighted by Crippen LogP contribution is 2.33. The summed E-state index contributed by atoms with van der Waals surface area (Å²) in [5, 5.41) is 5.99. The van der Waals surface area contributed by atoms with Gasteiger partial charge in [-0.3, -0.25) is 14.5 Å². The van der Waals surface area contributed by atoms with Gasteiger partial charge in [-0.1, -0.05) is 12.1 Å². The molecule has 27 heavy (non-hydrogen) atoms. The summed E-state index contributed by atoms with van der Waals surface area (Å²) in [5.41, 5.74) is 2.11. The summed E-state index contributed by atoms with van der Waals surface area (Å²) >= 11 is 0. The van der Waals surface area contributed by atoms with E-state index in [4.69, 9.17) is 9.47 Å². The Labute approximate surface area is 157 Å². The maximum absolute atomic E-state index is 13.0. The summed E-state index contributed by atoms with van der Waals surface area (Å²) < 4.78 is 11.3. The van der Waals surface area contributed by atoms with Gasteiger partial charge < -0.3 is 20.1 Å². The Morgan fingerprint density at radius 1 is 1.15 bits per heavy atom. The first kappa shape index (κ1) is 17.2. The van der Waals surface area contributed by atoms with E-state index in [1.807, 2.05) is 36.4 Å². The van der Waals surface area contributed by atoms with Crippen molar-refractivity contribution in [3.05, 3.63) is 42.5 Å². The minimum Gasteiger partial charge on any atom is -0.490 e. The van der Waals surface area contributed by atoms with Gasteiger partial charge in [-0.25, -0.2) is 0 Å². The number of amides is 2. The number of para-hydroxylation sites is 2. The number of anilines is 3. The molecule has 0 radical (unpaired) electrons. The van der Waals surface area contributed by atoms with E-state index in [9.17, 15) is 9.59 Å². The van der Waals surface area contributed by atoms with E-state index in [0.29, 0.717) is 36.1 Å². The molecule has 7 nitrogen and oxygen atoms in total. The van der Waals surface area contributed by atoms with E-state index in [1.165, 1.54) is 4.90 Å². The Morgan fingerprint density at radius 3 is 2.78 bits per heavy atom. The summed E-state index contributed by atoms with van der Waals surface area (Å²) in [6.45, 7) is 3.01. The molecule has 0 saturated carbocycles. The fourth-order valence-electron chi connectivity index (χ4n) is 3.23. The molecule has 2 heterocycles. The van der Waals surface area contributed by atoms with Crippen molar-refractivity contribution < 1.29 is 19.1 Å². The highest BCUT2D eigenvalue weighted by molar-refractivity contribution is 6.11. The minimum atomic E-state index is -0.520. The third-order valence-electron chi connectivity index (χ3n) is 4.54. The van der Waals surface area contributed by atoms with Crippen molar-refractivity contribution in [1.29, 1.82) is 0 Å². The number of hydrogen-bond donors (Lipinski definition) is 2. The van der Waals surface area contributed by atoms with Crippen molar-refractivity contribution in [3.8, 4) is 11.5 Å². The molecule has 2 aliphatic rings. The molecule has 0 aliphatic carbocycles. The van der Waals surface area contributed by atoms with E-state index in [-0.39, 0.29) is 18.4 Å². The largest absolute Gasteiger partial charge is 0.490 e. The molecule has 0 aromatic heterocycles. The molecule has 2 N–H and O–H groups in total. The summed E-state index contributed by atoms with van der Waals surface area (Å²) in [6.07, 6.45) is 0.836. The molecule has 2 aromatic rings. The summed E-state index contributed by atoms with van der Waals surface area (Å²) in [4.78, 5) is 26.4. The van der Waals surface area contributed by atoms with E-state index < -0.39 is 6.04 Å². The van der Waals surface area contributed by atoms with Crippen LogP contribution in [-0.2, 0) is 9.59 Å². The Balaban J connectivity index is 1.52. The standard InChI is InChI=1S/C20H21N3O4/c1-13(21-14-7-8-17-18(11-14)27-10-4-9-26-17)20(25)23-12-19(24)22-15-5-2-3-6-16(15)23/h2-3,5-8,11,13,21H,4,9-10,12H2,1H3,(H,22,24)/t13-/m1/s1. The Kier molecular flexibility index (Phi) is 4.58. The monoisotopic (exact) mass is 367 g/mol. The molecule has 0 spiro atoms. The van der Waals surface area contributed by atoms with Crippen LogP contribution in [0.25, 0.3) is 0 Å². The maximum Gasteiger partial charge on any atom is 0.249 e. The topological polar surface area (TPSA) is 79.9 Å². The third-order valence-corrected chi connectivity index (χ3v) is 4.54. The van der Waals surface area contributed by atoms with Gasteiger partial charge in [0, 0.05) is 18.2 Å². The van der Waals surface area contributed by atoms with Crippen LogP contribution < -0.4 is 25.0 Å². The number of nitrogens with zero attached hydrogens (tertiary/aromatic N) is 1. The molecule has 1 atom stereocenters. The third kappa shape index (κ3) is 3.53. The van der Waals surface area contributed by atoms with Crippen LogP contribution in [0.5, 0.6) is 11.5 Å². The fourth-order valence-corrected chi connectivity index (χ4v) is 3.23. The van der Waals surface area contributed by atoms with Crippen LogP contribution in [-0.4, -0.2) is 37.6 Å². The Hall–Kier alpha value is -3.22. The van der Waals surface area contributed by atoms with Gasteiger partial charge >= 0.3 is 0 Å². The van der Waals surface area contributed by atoms with Crippen molar-refractivity contribution >= 4 is 28.9 Å². The number of ether oxygens (including phenoxy) is 2. The van der Waals surface area contributed by atoms with E-state index >= 15 is 0 Å². The number of benzene rings is 2. The number of rotatable bonds is 3. The lowest BCUT2D eigenvalue weighted by Gasteiger charge is -2.31. The SMILES string of the molecule is C[C@@H](Nc1ccc2c(c1)OCCCO2)C(=O)N1CC(=O)Nc2ccccc21. The highest BCUT2D eigenvalue weighted by Gasteiger charge is 2.29. The second-order valence-electron chi connectivity index (χ2n) is 6.57. The molecule has 0 fully saturated rings. The van der Waals surface area contributed by atoms with Crippen molar-refractivity contribution in [2.45, 2.75) is 19.4 Å². The van der Waals surface area contributed by atoms with Crippen LogP contribution in [0, 0.1) is 0 Å². The summed E-state index contributed by atoms with van der Waals surface area (Å²) in [5.74, 6) is 0.993. The molecule has 0 bridgehead atoms. The number of carbonyl (C=O) groups is 2. The first-order valence-corrected chi connectivity index (χ1v) is 8.98. The highest BCUT2D eigenvalue weighted by atomic mass is 16.5. The van der Waals surface area contributed by atoms with Crippen LogP contribution >= 0.6 is 0 Å². The quantitative estimate of drug-likeness (QED) is 0.872. The predicted octanol–water partition coefficient (Wildman–Crippen LogP) is 2.63. The van der Waals surface area contributed by atoms with Crippen LogP contribution in [0.15, 0.2) is 42.5 Å². The van der Waals surface area contributed by atoms with Gasteiger partial charge in [0.25, 0.3) is 0 Å². The van der Waals surface area contributed by atoms with Crippen molar-refractivity contribution in [3.63, 3.8) is 0 Å². The first-order valence-electron chi connectivity index (χ1n) is 8.98. The average Bonchev–Trinajstić information content (AvgIpc) is 2.91. The fraction of sp³-hybridized carbons (Fsp3) is 0.300. The van der Waals surface area contributed by atoms with Gasteiger partial charge in [0.05, 0.1) is 24.6 Å². The molecule has 2 aliphatic heterocycles. The van der Waals surface area contributed by atoms with Crippen LogP contribution in [0.3, 0.4) is 0 Å². The number of nitrogens with one attached hydrogen (secondary N) is 2. The van der Waals surface area contributed by atoms with E-state index in [0.717, 1.165) is 12.1 Å². The zero-order valence-corrected chi connectivity index (χ0v) is 15.0. The van der Waals surface area contributed by atoms with Gasteiger partial charge in [0.15, 0.2) is 11.5 Å². The van der Waals surface area contributed by atoms with Gasteiger partial charge in [0.2, 0.25) is 11.8 Å². The van der Waals surface area contributed by atoms with Gasteiger partial charge in [-0.2, -0.15) is 0 Å². The maximum atomic E-state index is 13.0. The van der Waals surface area contributed by atoms with Gasteiger partial charge in [0.1, 0.15) is 12.6 Å². The molecule has 0 unspecified atom stereocenters. The number of carbonyl (C=O) groups excluding carboxylic acids is 2. The molecule has 140 valence electrons. The van der Waals surface area contributed by atoms with Crippen molar-refractivity contribution in [2.75, 3.05) is 35.3 Å². The normalized spacial score (nSPS) is 16.6. The predicted molar refractivity (Wildman–Crippen MR) is 103 cm³/mol. The lowest BCUT2D eigenvalue weighted by molar-refractivity contribution is -0.122. The zero-order chi connectivity index (χ0) is 18.8. The number of fused-ring (bicyclic) bond motifs is 2. The zero-order valence-electron chi connectivity index (χ0n) is 15.0. The molecule has 2 amide bonds. The number of hydrogen-bond acceptors (Lipinski definition) is 5. The summed E-state index contributed by atoms with van der Waals surface area (Å²) in [6, 6.07) is 12.3. The Bertz CT molecular complexity index is 883. The average molecular weight is 367 g/mol. The first-order chi connectivity index (χ1) is 13.1. The lowest BCUT2D eigenvalue weighted by Crippen LogP contribution is -2.47. The van der Waals surface area contributed by atoms with Crippen LogP contribution in [0.4, 0.5) is 17.1 Å². The van der Waals surface area contributed by atoms with E-state index in [2.05, 4.69) is 10.6 Å². The molecule has 7 heteroatoms. The lowest BCUT2D eigenvalue weighted by atomic mass is 10.1. The van der Waals surface area contributed by atoms with Crippen LogP contribution in [0.1, 0.15) is 13.3 Å². The Morgan fingerprint density at radius 2 is 1.93 bits per heavy atom. The molecule has 2 aromatic carbocycles. The minimum absolute atomic E-state index is 0.00298. The van der Waals surface area contributed by atoms with Gasteiger partial charge in [-0.15, -0.1) is 0 Å². The van der Waals surface area contributed by atoms with E-state index in [1.54, 1.807) is 13.0 Å². The second kappa shape index (κ2) is 7.19. The molecular weight excluding hydrogens is 346 g/mol. The molecule has 4 rings (SSSR count). The van der Waals surface area contributed by atoms with Crippen LogP contribution in [0.2, 0.25) is 0 Å². The second-order valence-corrected chi connectivity index (χ2v) is 6.57. The summed E-state index contributed by atoms with van der Waals surface area (Å²) in [7, 11) is 0. The van der Waals surface area contributed by atoms with Crippen molar-refractivity contribution in [1.82, 2.24) is 0 Å².